The van der Waals surface area contributed by atoms with Crippen LogP contribution in [0.1, 0.15) is 22.6 Å². The lowest BCUT2D eigenvalue weighted by Crippen LogP contribution is -2.29. The molecular weight excluding hydrogens is 248 g/mol. The van der Waals surface area contributed by atoms with E-state index in [1.165, 1.54) is 11.1 Å². The van der Waals surface area contributed by atoms with Gasteiger partial charge in [0, 0.05) is 31.6 Å². The second kappa shape index (κ2) is 5.12. The molecule has 0 fully saturated rings. The fourth-order valence-electron chi connectivity index (χ4n) is 2.40. The second-order valence-electron chi connectivity index (χ2n) is 4.61. The second-order valence-corrected chi connectivity index (χ2v) is 4.88. The molecule has 2 aromatic rings. The van der Waals surface area contributed by atoms with Crippen molar-refractivity contribution < 1.29 is 4.52 Å². The zero-order chi connectivity index (χ0) is 12.4. The first-order valence-electron chi connectivity index (χ1n) is 6.15. The summed E-state index contributed by atoms with van der Waals surface area (Å²) in [4.78, 5) is 2.41. The molecule has 0 atom stereocenters. The normalized spacial score (nSPS) is 15.6. The summed E-state index contributed by atoms with van der Waals surface area (Å²) in [5.74, 6) is 1.44. The third-order valence-corrected chi connectivity index (χ3v) is 3.62. The molecule has 0 N–H and O–H groups in total. The number of halogens is 1. The Morgan fingerprint density at radius 3 is 2.89 bits per heavy atom. The van der Waals surface area contributed by atoms with Gasteiger partial charge in [-0.1, -0.05) is 35.5 Å². The van der Waals surface area contributed by atoms with Crippen molar-refractivity contribution in [1.29, 1.82) is 0 Å². The molecular formula is C14H15ClN2O. The van der Waals surface area contributed by atoms with Crippen LogP contribution in [0.3, 0.4) is 0 Å². The average Bonchev–Trinajstić information content (AvgIpc) is 2.82. The van der Waals surface area contributed by atoms with Gasteiger partial charge in [0.1, 0.15) is 11.5 Å². The molecule has 94 valence electrons. The Kier molecular flexibility index (Phi) is 3.35. The van der Waals surface area contributed by atoms with Gasteiger partial charge in [0.25, 0.3) is 0 Å². The molecule has 0 saturated heterocycles. The van der Waals surface area contributed by atoms with Crippen LogP contribution in [0.2, 0.25) is 0 Å². The maximum Gasteiger partial charge on any atom is 0.142 e. The van der Waals surface area contributed by atoms with Crippen molar-refractivity contribution >= 4 is 11.6 Å². The van der Waals surface area contributed by atoms with E-state index < -0.39 is 0 Å². The van der Waals surface area contributed by atoms with E-state index in [1.54, 1.807) is 0 Å². The fraction of sp³-hybridized carbons (Fsp3) is 0.357. The number of hydrogen-bond donors (Lipinski definition) is 0. The van der Waals surface area contributed by atoms with E-state index in [-0.39, 0.29) is 0 Å². The Labute approximate surface area is 111 Å². The summed E-state index contributed by atoms with van der Waals surface area (Å²) < 4.78 is 5.32. The lowest BCUT2D eigenvalue weighted by Gasteiger charge is -2.25. The molecule has 4 heteroatoms. The van der Waals surface area contributed by atoms with E-state index >= 15 is 0 Å². The summed E-state index contributed by atoms with van der Waals surface area (Å²) in [6, 6.07) is 10.5. The molecule has 1 aliphatic heterocycles. The van der Waals surface area contributed by atoms with Crippen LogP contribution in [-0.2, 0) is 25.4 Å². The molecule has 0 radical (unpaired) electrons. The highest BCUT2D eigenvalue weighted by Crippen LogP contribution is 2.24. The van der Waals surface area contributed by atoms with Gasteiger partial charge >= 0.3 is 0 Å². The molecule has 3 rings (SSSR count). The van der Waals surface area contributed by atoms with E-state index in [0.29, 0.717) is 5.88 Å². The first-order valence-corrected chi connectivity index (χ1v) is 6.69. The molecule has 0 amide bonds. The van der Waals surface area contributed by atoms with Gasteiger partial charge in [-0.25, -0.2) is 0 Å². The molecule has 0 unspecified atom stereocenters. The van der Waals surface area contributed by atoms with Crippen LogP contribution in [-0.4, -0.2) is 16.6 Å². The topological polar surface area (TPSA) is 29.3 Å². The molecule has 1 aromatic carbocycles. The minimum absolute atomic E-state index is 0.429. The van der Waals surface area contributed by atoms with Crippen molar-refractivity contribution in [3.05, 3.63) is 52.9 Å². The predicted octanol–water partition coefficient (Wildman–Crippen LogP) is 2.97. The summed E-state index contributed by atoms with van der Waals surface area (Å²) in [6.45, 7) is 2.86. The summed E-state index contributed by atoms with van der Waals surface area (Å²) in [5.41, 5.74) is 3.42. The largest absolute Gasteiger partial charge is 0.361 e. The third kappa shape index (κ3) is 2.28. The Balaban J connectivity index is 1.74. The van der Waals surface area contributed by atoms with Crippen molar-refractivity contribution in [2.24, 2.45) is 0 Å². The molecule has 0 bridgehead atoms. The number of benzene rings is 1. The van der Waals surface area contributed by atoms with Crippen molar-refractivity contribution in [2.75, 3.05) is 6.54 Å². The highest BCUT2D eigenvalue weighted by Gasteiger charge is 2.23. The van der Waals surface area contributed by atoms with Gasteiger partial charge in [-0.3, -0.25) is 4.90 Å². The van der Waals surface area contributed by atoms with Gasteiger partial charge in [-0.05, 0) is 5.56 Å². The van der Waals surface area contributed by atoms with Crippen LogP contribution >= 0.6 is 11.6 Å². The Morgan fingerprint density at radius 2 is 2.11 bits per heavy atom. The maximum absolute atomic E-state index is 5.87. The maximum atomic E-state index is 5.87. The SMILES string of the molecule is ClCc1noc2c1CN(Cc1ccccc1)CC2. The molecule has 3 nitrogen and oxygen atoms in total. The summed E-state index contributed by atoms with van der Waals surface area (Å²) in [5, 5.41) is 4.02. The van der Waals surface area contributed by atoms with Crippen molar-refractivity contribution in [1.82, 2.24) is 10.1 Å². The first kappa shape index (κ1) is 11.8. The predicted molar refractivity (Wildman–Crippen MR) is 70.3 cm³/mol. The number of fused-ring (bicyclic) bond motifs is 1. The van der Waals surface area contributed by atoms with Gasteiger partial charge in [0.05, 0.1) is 5.88 Å². The molecule has 2 heterocycles. The molecule has 0 spiro atoms. The van der Waals surface area contributed by atoms with Crippen LogP contribution in [0.4, 0.5) is 0 Å². The molecule has 1 aliphatic rings. The van der Waals surface area contributed by atoms with Gasteiger partial charge in [-0.2, -0.15) is 0 Å². The number of hydrogen-bond acceptors (Lipinski definition) is 3. The molecule has 18 heavy (non-hydrogen) atoms. The number of nitrogens with zero attached hydrogens (tertiary/aromatic N) is 2. The Bertz CT molecular complexity index is 510. The molecule has 0 aliphatic carbocycles. The van der Waals surface area contributed by atoms with E-state index in [4.69, 9.17) is 16.1 Å². The minimum atomic E-state index is 0.429. The van der Waals surface area contributed by atoms with Gasteiger partial charge < -0.3 is 4.52 Å². The lowest BCUT2D eigenvalue weighted by atomic mass is 10.1. The summed E-state index contributed by atoms with van der Waals surface area (Å²) in [7, 11) is 0. The smallest absolute Gasteiger partial charge is 0.142 e. The van der Waals surface area contributed by atoms with Crippen molar-refractivity contribution in [3.8, 4) is 0 Å². The Morgan fingerprint density at radius 1 is 1.28 bits per heavy atom. The van der Waals surface area contributed by atoms with E-state index in [9.17, 15) is 0 Å². The van der Waals surface area contributed by atoms with Crippen LogP contribution in [0.25, 0.3) is 0 Å². The highest BCUT2D eigenvalue weighted by atomic mass is 35.5. The molecule has 1 aromatic heterocycles. The lowest BCUT2D eigenvalue weighted by molar-refractivity contribution is 0.228. The van der Waals surface area contributed by atoms with Crippen molar-refractivity contribution in [3.63, 3.8) is 0 Å². The van der Waals surface area contributed by atoms with Gasteiger partial charge in [0.15, 0.2) is 0 Å². The summed E-state index contributed by atoms with van der Waals surface area (Å²) in [6.07, 6.45) is 0.923. The zero-order valence-electron chi connectivity index (χ0n) is 10.1. The number of aromatic nitrogens is 1. The highest BCUT2D eigenvalue weighted by molar-refractivity contribution is 6.17. The van der Waals surface area contributed by atoms with Crippen LogP contribution < -0.4 is 0 Å². The Hall–Kier alpha value is -1.32. The van der Waals surface area contributed by atoms with Gasteiger partial charge in [-0.15, -0.1) is 11.6 Å². The first-order chi connectivity index (χ1) is 8.86. The van der Waals surface area contributed by atoms with Crippen molar-refractivity contribution in [2.45, 2.75) is 25.4 Å². The van der Waals surface area contributed by atoms with Gasteiger partial charge in [0.2, 0.25) is 0 Å². The standard InChI is InChI=1S/C14H15ClN2O/c15-8-13-12-10-17(7-6-14(12)18-16-13)9-11-4-2-1-3-5-11/h1-5H,6-10H2. The van der Waals surface area contributed by atoms with Crippen LogP contribution in [0.15, 0.2) is 34.9 Å². The monoisotopic (exact) mass is 262 g/mol. The third-order valence-electron chi connectivity index (χ3n) is 3.36. The number of rotatable bonds is 3. The van der Waals surface area contributed by atoms with E-state index in [1.807, 2.05) is 6.07 Å². The molecule has 0 saturated carbocycles. The fourth-order valence-corrected chi connectivity index (χ4v) is 2.61. The average molecular weight is 263 g/mol. The van der Waals surface area contributed by atoms with Crippen LogP contribution in [0.5, 0.6) is 0 Å². The minimum Gasteiger partial charge on any atom is -0.361 e. The van der Waals surface area contributed by atoms with E-state index in [0.717, 1.165) is 37.5 Å². The van der Waals surface area contributed by atoms with Crippen LogP contribution in [0, 0.1) is 0 Å². The quantitative estimate of drug-likeness (QED) is 0.797. The van der Waals surface area contributed by atoms with E-state index in [2.05, 4.69) is 34.3 Å². The number of alkyl halides is 1. The summed E-state index contributed by atoms with van der Waals surface area (Å²) >= 11 is 5.87. The zero-order valence-corrected chi connectivity index (χ0v) is 10.9.